The van der Waals surface area contributed by atoms with Crippen molar-refractivity contribution in [3.63, 3.8) is 0 Å². The van der Waals surface area contributed by atoms with Crippen LogP contribution in [-0.4, -0.2) is 17.9 Å². The van der Waals surface area contributed by atoms with E-state index < -0.39 is 0 Å². The lowest BCUT2D eigenvalue weighted by Crippen LogP contribution is -2.27. The highest BCUT2D eigenvalue weighted by molar-refractivity contribution is 9.10. The number of halogens is 2. The number of hydrogen-bond donors (Lipinski definition) is 0. The minimum Gasteiger partial charge on any atom is -0.341 e. The molecule has 0 atom stereocenters. The lowest BCUT2D eigenvalue weighted by Gasteiger charge is -2.18. The van der Waals surface area contributed by atoms with Crippen LogP contribution in [0.15, 0.2) is 53.0 Å². The van der Waals surface area contributed by atoms with Crippen molar-refractivity contribution < 1.29 is 4.79 Å². The summed E-state index contributed by atoms with van der Waals surface area (Å²) >= 11 is 9.42. The van der Waals surface area contributed by atoms with Gasteiger partial charge < -0.3 is 4.90 Å². The average molecular weight is 353 g/mol. The van der Waals surface area contributed by atoms with E-state index in [1.165, 1.54) is 0 Å². The maximum Gasteiger partial charge on any atom is 0.227 e. The van der Waals surface area contributed by atoms with Crippen molar-refractivity contribution in [3.8, 4) is 0 Å². The molecule has 0 spiro atoms. The zero-order valence-corrected chi connectivity index (χ0v) is 13.5. The van der Waals surface area contributed by atoms with Gasteiger partial charge in [0.05, 0.1) is 6.42 Å². The maximum atomic E-state index is 12.2. The topological polar surface area (TPSA) is 20.3 Å². The van der Waals surface area contributed by atoms with E-state index in [1.54, 1.807) is 11.0 Å². The minimum atomic E-state index is 0.0722. The molecule has 0 heterocycles. The van der Waals surface area contributed by atoms with Crippen LogP contribution in [0.5, 0.6) is 0 Å². The summed E-state index contributed by atoms with van der Waals surface area (Å²) in [4.78, 5) is 13.9. The number of carbonyl (C=O) groups excluding carboxylic acids is 1. The number of carbonyl (C=O) groups is 1. The number of benzene rings is 2. The third kappa shape index (κ3) is 4.09. The zero-order chi connectivity index (χ0) is 14.5. The van der Waals surface area contributed by atoms with E-state index in [-0.39, 0.29) is 5.91 Å². The standard InChI is InChI=1S/C16H15BrClNO/c1-19(11-13-6-2-3-8-15(13)17)16(20)10-12-5-4-7-14(18)9-12/h2-9H,10-11H2,1H3. The van der Waals surface area contributed by atoms with Gasteiger partial charge in [-0.25, -0.2) is 0 Å². The van der Waals surface area contributed by atoms with E-state index in [4.69, 9.17) is 11.6 Å². The van der Waals surface area contributed by atoms with Gasteiger partial charge in [-0.1, -0.05) is 57.9 Å². The molecule has 0 unspecified atom stereocenters. The molecule has 2 aromatic rings. The number of rotatable bonds is 4. The van der Waals surface area contributed by atoms with E-state index >= 15 is 0 Å². The highest BCUT2D eigenvalue weighted by Gasteiger charge is 2.11. The molecular weight excluding hydrogens is 338 g/mol. The summed E-state index contributed by atoms with van der Waals surface area (Å²) in [5.41, 5.74) is 2.02. The molecule has 0 saturated heterocycles. The summed E-state index contributed by atoms with van der Waals surface area (Å²) < 4.78 is 1.02. The Bertz CT molecular complexity index is 615. The SMILES string of the molecule is CN(Cc1ccccc1Br)C(=O)Cc1cccc(Cl)c1. The van der Waals surface area contributed by atoms with Crippen molar-refractivity contribution in [1.29, 1.82) is 0 Å². The quantitative estimate of drug-likeness (QED) is 0.803. The first-order chi connectivity index (χ1) is 9.56. The molecule has 4 heteroatoms. The third-order valence-corrected chi connectivity index (χ3v) is 4.04. The highest BCUT2D eigenvalue weighted by Crippen LogP contribution is 2.18. The van der Waals surface area contributed by atoms with E-state index in [0.717, 1.165) is 15.6 Å². The summed E-state index contributed by atoms with van der Waals surface area (Å²) in [5.74, 6) is 0.0722. The van der Waals surface area contributed by atoms with Crippen LogP contribution in [0.25, 0.3) is 0 Å². The summed E-state index contributed by atoms with van der Waals surface area (Å²) in [6, 6.07) is 15.3. The lowest BCUT2D eigenvalue weighted by molar-refractivity contribution is -0.129. The van der Waals surface area contributed by atoms with E-state index in [0.29, 0.717) is 18.0 Å². The van der Waals surface area contributed by atoms with Gasteiger partial charge in [-0.3, -0.25) is 4.79 Å². The fourth-order valence-corrected chi connectivity index (χ4v) is 2.55. The van der Waals surface area contributed by atoms with Crippen molar-refractivity contribution >= 4 is 33.4 Å². The predicted octanol–water partition coefficient (Wildman–Crippen LogP) is 4.30. The first-order valence-electron chi connectivity index (χ1n) is 6.28. The molecular formula is C16H15BrClNO. The Morgan fingerprint density at radius 1 is 1.20 bits per heavy atom. The van der Waals surface area contributed by atoms with Gasteiger partial charge in [-0.05, 0) is 29.3 Å². The summed E-state index contributed by atoms with van der Waals surface area (Å²) in [6.07, 6.45) is 0.363. The number of nitrogens with zero attached hydrogens (tertiary/aromatic N) is 1. The van der Waals surface area contributed by atoms with E-state index in [1.807, 2.05) is 49.5 Å². The van der Waals surface area contributed by atoms with Crippen molar-refractivity contribution in [2.75, 3.05) is 7.05 Å². The van der Waals surface area contributed by atoms with Gasteiger partial charge in [0.2, 0.25) is 5.91 Å². The Kier molecular flexibility index (Phi) is 5.21. The molecule has 0 bridgehead atoms. The molecule has 0 aliphatic heterocycles. The first-order valence-corrected chi connectivity index (χ1v) is 7.45. The summed E-state index contributed by atoms with van der Waals surface area (Å²) in [5, 5.41) is 0.656. The van der Waals surface area contributed by atoms with Gasteiger partial charge in [0, 0.05) is 23.1 Å². The third-order valence-electron chi connectivity index (χ3n) is 3.04. The molecule has 2 rings (SSSR count). The fourth-order valence-electron chi connectivity index (χ4n) is 1.93. The largest absolute Gasteiger partial charge is 0.341 e. The number of likely N-dealkylation sites (N-methyl/N-ethyl adjacent to an activating group) is 1. The van der Waals surface area contributed by atoms with Crippen LogP contribution in [0.4, 0.5) is 0 Å². The Balaban J connectivity index is 2.01. The van der Waals surface area contributed by atoms with Crippen LogP contribution >= 0.6 is 27.5 Å². The van der Waals surface area contributed by atoms with Gasteiger partial charge >= 0.3 is 0 Å². The van der Waals surface area contributed by atoms with Gasteiger partial charge in [0.1, 0.15) is 0 Å². The minimum absolute atomic E-state index is 0.0722. The van der Waals surface area contributed by atoms with Crippen LogP contribution in [0.1, 0.15) is 11.1 Å². The van der Waals surface area contributed by atoms with Crippen molar-refractivity contribution in [1.82, 2.24) is 4.90 Å². The molecule has 104 valence electrons. The molecule has 0 aromatic heterocycles. The summed E-state index contributed by atoms with van der Waals surface area (Å²) in [6.45, 7) is 0.584. The molecule has 0 radical (unpaired) electrons. The lowest BCUT2D eigenvalue weighted by atomic mass is 10.1. The second-order valence-electron chi connectivity index (χ2n) is 4.65. The van der Waals surface area contributed by atoms with Crippen LogP contribution in [-0.2, 0) is 17.8 Å². The second kappa shape index (κ2) is 6.91. The van der Waals surface area contributed by atoms with Crippen LogP contribution in [0.2, 0.25) is 5.02 Å². The Morgan fingerprint density at radius 3 is 2.65 bits per heavy atom. The molecule has 0 N–H and O–H groups in total. The Labute approximate surface area is 132 Å². The number of amides is 1. The average Bonchev–Trinajstić information content (AvgIpc) is 2.41. The van der Waals surface area contributed by atoms with Crippen molar-refractivity contribution in [2.45, 2.75) is 13.0 Å². The van der Waals surface area contributed by atoms with Gasteiger partial charge in [0.15, 0.2) is 0 Å². The summed E-state index contributed by atoms with van der Waals surface area (Å²) in [7, 11) is 1.81. The van der Waals surface area contributed by atoms with Crippen LogP contribution in [0, 0.1) is 0 Å². The first kappa shape index (κ1) is 15.1. The molecule has 20 heavy (non-hydrogen) atoms. The van der Waals surface area contributed by atoms with Gasteiger partial charge in [-0.15, -0.1) is 0 Å². The normalized spacial score (nSPS) is 10.3. The molecule has 2 aromatic carbocycles. The maximum absolute atomic E-state index is 12.2. The highest BCUT2D eigenvalue weighted by atomic mass is 79.9. The predicted molar refractivity (Wildman–Crippen MR) is 85.8 cm³/mol. The van der Waals surface area contributed by atoms with Gasteiger partial charge in [0.25, 0.3) is 0 Å². The van der Waals surface area contributed by atoms with Crippen molar-refractivity contribution in [3.05, 3.63) is 69.2 Å². The molecule has 0 saturated carbocycles. The molecule has 0 fully saturated rings. The molecule has 0 aliphatic rings. The Hall–Kier alpha value is -1.32. The molecule has 0 aliphatic carbocycles. The second-order valence-corrected chi connectivity index (χ2v) is 5.94. The van der Waals surface area contributed by atoms with Crippen LogP contribution in [0.3, 0.4) is 0 Å². The number of hydrogen-bond acceptors (Lipinski definition) is 1. The molecule has 2 nitrogen and oxygen atoms in total. The fraction of sp³-hybridized carbons (Fsp3) is 0.188. The molecule has 1 amide bonds. The Morgan fingerprint density at radius 2 is 1.95 bits per heavy atom. The van der Waals surface area contributed by atoms with Gasteiger partial charge in [-0.2, -0.15) is 0 Å². The van der Waals surface area contributed by atoms with E-state index in [9.17, 15) is 4.79 Å². The smallest absolute Gasteiger partial charge is 0.227 e. The van der Waals surface area contributed by atoms with E-state index in [2.05, 4.69) is 15.9 Å². The monoisotopic (exact) mass is 351 g/mol. The zero-order valence-electron chi connectivity index (χ0n) is 11.1. The van der Waals surface area contributed by atoms with Crippen molar-refractivity contribution in [2.24, 2.45) is 0 Å². The van der Waals surface area contributed by atoms with Crippen LogP contribution < -0.4 is 0 Å².